The lowest BCUT2D eigenvalue weighted by atomic mass is 10.0. The third kappa shape index (κ3) is 2.46. The van der Waals surface area contributed by atoms with Crippen LogP contribution in [0.5, 0.6) is 0 Å². The summed E-state index contributed by atoms with van der Waals surface area (Å²) in [4.78, 5) is 4.70. The maximum Gasteiger partial charge on any atom is 0.182 e. The average molecular weight is 348 g/mol. The van der Waals surface area contributed by atoms with Crippen molar-refractivity contribution in [2.45, 2.75) is 20.4 Å². The van der Waals surface area contributed by atoms with E-state index in [4.69, 9.17) is 10.7 Å². The van der Waals surface area contributed by atoms with Gasteiger partial charge in [0.05, 0.1) is 17.4 Å². The van der Waals surface area contributed by atoms with Gasteiger partial charge in [0.1, 0.15) is 5.69 Å². The molecule has 0 amide bonds. The van der Waals surface area contributed by atoms with Gasteiger partial charge in [0.25, 0.3) is 0 Å². The van der Waals surface area contributed by atoms with Crippen molar-refractivity contribution in [3.05, 3.63) is 42.2 Å². The van der Waals surface area contributed by atoms with Gasteiger partial charge < -0.3 is 5.73 Å². The molecular weight excluding hydrogens is 328 g/mol. The number of hydrogen-bond donors (Lipinski definition) is 2. The molecule has 0 spiro atoms. The summed E-state index contributed by atoms with van der Waals surface area (Å²) in [6.07, 6.45) is 1.81. The first-order valence-corrected chi connectivity index (χ1v) is 8.36. The molecule has 0 saturated heterocycles. The van der Waals surface area contributed by atoms with Crippen LogP contribution in [0.15, 0.2) is 31.0 Å². The molecule has 132 valence electrons. The molecule has 0 radical (unpaired) electrons. The largest absolute Gasteiger partial charge is 0.399 e. The highest BCUT2D eigenvalue weighted by atomic mass is 15.3. The highest BCUT2D eigenvalue weighted by Gasteiger charge is 2.17. The molecule has 0 aliphatic carbocycles. The van der Waals surface area contributed by atoms with Crippen LogP contribution in [0.3, 0.4) is 0 Å². The van der Waals surface area contributed by atoms with Crippen molar-refractivity contribution in [2.24, 2.45) is 12.8 Å². The van der Waals surface area contributed by atoms with Crippen LogP contribution in [0, 0.1) is 6.92 Å². The molecule has 0 aliphatic heterocycles. The summed E-state index contributed by atoms with van der Waals surface area (Å²) in [6.45, 7) is 8.61. The van der Waals surface area contributed by atoms with Crippen molar-refractivity contribution in [2.75, 3.05) is 0 Å². The maximum atomic E-state index is 5.92. The van der Waals surface area contributed by atoms with Crippen LogP contribution in [0.1, 0.15) is 18.2 Å². The molecule has 0 saturated carbocycles. The van der Waals surface area contributed by atoms with Crippen molar-refractivity contribution in [3.63, 3.8) is 0 Å². The van der Waals surface area contributed by atoms with Crippen LogP contribution in [0.25, 0.3) is 39.5 Å². The van der Waals surface area contributed by atoms with Gasteiger partial charge in [-0.25, -0.2) is 4.98 Å². The molecule has 1 aromatic carbocycles. The molecule has 4 rings (SSSR count). The Labute approximate surface area is 150 Å². The molecule has 0 atom stereocenters. The molecular formula is C18H20N8. The van der Waals surface area contributed by atoms with Gasteiger partial charge in [-0.3, -0.25) is 14.5 Å². The standard InChI is InChI=1S/C18H20N8/c1-5-26-16(6-10(2)24-26)18-21-17(22-23-18)13-7-12(11(3)19)8-15-14(13)9-20-25(15)4/h6-9H,3,5,19H2,1-2,4H3,(H,21,22,23). The summed E-state index contributed by atoms with van der Waals surface area (Å²) in [5.74, 6) is 1.26. The van der Waals surface area contributed by atoms with E-state index >= 15 is 0 Å². The Balaban J connectivity index is 1.89. The van der Waals surface area contributed by atoms with Crippen molar-refractivity contribution < 1.29 is 0 Å². The third-order valence-corrected chi connectivity index (χ3v) is 4.41. The maximum absolute atomic E-state index is 5.92. The third-order valence-electron chi connectivity index (χ3n) is 4.41. The van der Waals surface area contributed by atoms with Gasteiger partial charge in [0.2, 0.25) is 0 Å². The number of nitrogens with two attached hydrogens (primary N) is 1. The van der Waals surface area contributed by atoms with E-state index in [1.54, 1.807) is 4.68 Å². The van der Waals surface area contributed by atoms with Gasteiger partial charge in [0.15, 0.2) is 11.6 Å². The van der Waals surface area contributed by atoms with Crippen LogP contribution in [0.2, 0.25) is 0 Å². The van der Waals surface area contributed by atoms with Gasteiger partial charge in [-0.15, -0.1) is 0 Å². The first-order chi connectivity index (χ1) is 12.5. The molecule has 0 unspecified atom stereocenters. The van der Waals surface area contributed by atoms with Crippen LogP contribution < -0.4 is 5.73 Å². The molecule has 0 bridgehead atoms. The van der Waals surface area contributed by atoms with E-state index in [-0.39, 0.29) is 0 Å². The lowest BCUT2D eigenvalue weighted by Crippen LogP contribution is -2.00. The van der Waals surface area contributed by atoms with Crippen LogP contribution >= 0.6 is 0 Å². The number of H-pyrrole nitrogens is 1. The first-order valence-electron chi connectivity index (χ1n) is 8.36. The van der Waals surface area contributed by atoms with Gasteiger partial charge in [0, 0.05) is 30.2 Å². The molecule has 8 nitrogen and oxygen atoms in total. The summed E-state index contributed by atoms with van der Waals surface area (Å²) >= 11 is 0. The number of aromatic nitrogens is 7. The minimum absolute atomic E-state index is 0.491. The number of hydrogen-bond acceptors (Lipinski definition) is 5. The fraction of sp³-hybridized carbons (Fsp3) is 0.222. The van der Waals surface area contributed by atoms with Gasteiger partial charge in [-0.05, 0) is 37.6 Å². The van der Waals surface area contributed by atoms with Crippen LogP contribution in [0.4, 0.5) is 0 Å². The predicted molar refractivity (Wildman–Crippen MR) is 101 cm³/mol. The molecule has 0 fully saturated rings. The van der Waals surface area contributed by atoms with E-state index in [9.17, 15) is 0 Å². The lowest BCUT2D eigenvalue weighted by Gasteiger charge is -2.05. The number of rotatable bonds is 4. The second kappa shape index (κ2) is 5.83. The smallest absolute Gasteiger partial charge is 0.182 e. The van der Waals surface area contributed by atoms with E-state index in [0.29, 0.717) is 17.3 Å². The van der Waals surface area contributed by atoms with Crippen molar-refractivity contribution >= 4 is 16.6 Å². The summed E-state index contributed by atoms with van der Waals surface area (Å²) < 4.78 is 3.70. The van der Waals surface area contributed by atoms with Crippen LogP contribution in [-0.2, 0) is 13.6 Å². The Morgan fingerprint density at radius 3 is 2.85 bits per heavy atom. The predicted octanol–water partition coefficient (Wildman–Crippen LogP) is 2.48. The van der Waals surface area contributed by atoms with Gasteiger partial charge >= 0.3 is 0 Å². The molecule has 3 heterocycles. The van der Waals surface area contributed by atoms with Crippen LogP contribution in [-0.4, -0.2) is 34.7 Å². The zero-order chi connectivity index (χ0) is 18.4. The minimum Gasteiger partial charge on any atom is -0.399 e. The highest BCUT2D eigenvalue weighted by molar-refractivity contribution is 5.95. The molecule has 3 N–H and O–H groups in total. The number of nitrogens with one attached hydrogen (secondary N) is 1. The average Bonchev–Trinajstić information content (AvgIpc) is 3.32. The molecule has 8 heteroatoms. The fourth-order valence-corrected chi connectivity index (χ4v) is 3.09. The molecule has 26 heavy (non-hydrogen) atoms. The zero-order valence-electron chi connectivity index (χ0n) is 15.0. The van der Waals surface area contributed by atoms with E-state index < -0.39 is 0 Å². The zero-order valence-corrected chi connectivity index (χ0v) is 15.0. The van der Waals surface area contributed by atoms with E-state index in [1.165, 1.54) is 0 Å². The fourth-order valence-electron chi connectivity index (χ4n) is 3.09. The van der Waals surface area contributed by atoms with Gasteiger partial charge in [-0.1, -0.05) is 6.58 Å². The number of fused-ring (bicyclic) bond motifs is 1. The Morgan fingerprint density at radius 1 is 1.31 bits per heavy atom. The van der Waals surface area contributed by atoms with Crippen molar-refractivity contribution in [1.29, 1.82) is 0 Å². The monoisotopic (exact) mass is 348 g/mol. The first kappa shape index (κ1) is 16.1. The van der Waals surface area contributed by atoms with E-state index in [0.717, 1.165) is 40.0 Å². The highest BCUT2D eigenvalue weighted by Crippen LogP contribution is 2.30. The molecule has 0 aliphatic rings. The van der Waals surface area contributed by atoms with E-state index in [2.05, 4.69) is 27.0 Å². The summed E-state index contributed by atoms with van der Waals surface area (Å²) in [6, 6.07) is 5.91. The minimum atomic E-state index is 0.491. The van der Waals surface area contributed by atoms with Crippen molar-refractivity contribution in [1.82, 2.24) is 34.7 Å². The van der Waals surface area contributed by atoms with Gasteiger partial charge in [-0.2, -0.15) is 15.3 Å². The lowest BCUT2D eigenvalue weighted by molar-refractivity contribution is 0.657. The number of aromatic amines is 1. The normalized spacial score (nSPS) is 11.3. The Hall–Kier alpha value is -3.42. The van der Waals surface area contributed by atoms with Crippen molar-refractivity contribution in [3.8, 4) is 22.9 Å². The molecule has 4 aromatic rings. The number of benzene rings is 1. The van der Waals surface area contributed by atoms with E-state index in [1.807, 2.05) is 50.0 Å². The number of aryl methyl sites for hydroxylation is 3. The second-order valence-electron chi connectivity index (χ2n) is 6.24. The summed E-state index contributed by atoms with van der Waals surface area (Å²) in [5, 5.41) is 17.2. The number of nitrogens with zero attached hydrogens (tertiary/aromatic N) is 6. The Morgan fingerprint density at radius 2 is 2.12 bits per heavy atom. The molecule has 3 aromatic heterocycles. The SMILES string of the molecule is C=C(N)c1cc(-c2n[nH]c(-c3cc(C)nn3CC)n2)c2cnn(C)c2c1. The summed E-state index contributed by atoms with van der Waals surface area (Å²) in [7, 11) is 1.89. The second-order valence-corrected chi connectivity index (χ2v) is 6.24. The summed E-state index contributed by atoms with van der Waals surface area (Å²) in [5.41, 5.74) is 10.9. The quantitative estimate of drug-likeness (QED) is 0.590. The topological polar surface area (TPSA) is 103 Å². The Kier molecular flexibility index (Phi) is 3.61. The Bertz CT molecular complexity index is 1130.